The Balaban J connectivity index is 0.00000106. The standard InChI is InChI=1S/C11H23N3.C2H6/c1-3-10-4-6-11(7-5-10)14-8-13-9(2)12;1-2/h10-11,14H,3-8H2,1-2H3,(H2,12,13);1-2H3. The third-order valence-electron chi connectivity index (χ3n) is 3.13. The molecule has 3 nitrogen and oxygen atoms in total. The molecule has 3 heteroatoms. The number of nitrogens with two attached hydrogens (primary N) is 1. The molecule has 3 N–H and O–H groups in total. The van der Waals surface area contributed by atoms with E-state index in [4.69, 9.17) is 5.73 Å². The Kier molecular flexibility index (Phi) is 9.30. The summed E-state index contributed by atoms with van der Waals surface area (Å²) in [6.45, 7) is 8.81. The van der Waals surface area contributed by atoms with Gasteiger partial charge in [-0.1, -0.05) is 27.2 Å². The van der Waals surface area contributed by atoms with Crippen LogP contribution in [-0.2, 0) is 0 Å². The topological polar surface area (TPSA) is 50.4 Å². The first-order chi connectivity index (χ1) is 7.72. The van der Waals surface area contributed by atoms with E-state index in [2.05, 4.69) is 17.2 Å². The van der Waals surface area contributed by atoms with Gasteiger partial charge in [-0.2, -0.15) is 0 Å². The molecule has 0 unspecified atom stereocenters. The Hall–Kier alpha value is -0.570. The third kappa shape index (κ3) is 6.83. The fraction of sp³-hybridized carbons (Fsp3) is 0.923. The highest BCUT2D eigenvalue weighted by molar-refractivity contribution is 5.77. The van der Waals surface area contributed by atoms with Crippen LogP contribution in [0.4, 0.5) is 0 Å². The molecule has 0 atom stereocenters. The van der Waals surface area contributed by atoms with Gasteiger partial charge in [0.1, 0.15) is 0 Å². The van der Waals surface area contributed by atoms with Crippen LogP contribution in [0.1, 0.15) is 59.8 Å². The van der Waals surface area contributed by atoms with E-state index in [1.165, 1.54) is 32.1 Å². The molecule has 0 spiro atoms. The smallest absolute Gasteiger partial charge is 0.0921 e. The minimum absolute atomic E-state index is 0.666. The van der Waals surface area contributed by atoms with Crippen molar-refractivity contribution in [3.05, 3.63) is 0 Å². The van der Waals surface area contributed by atoms with Gasteiger partial charge in [0.2, 0.25) is 0 Å². The molecule has 0 aromatic rings. The van der Waals surface area contributed by atoms with Gasteiger partial charge in [-0.25, -0.2) is 0 Å². The van der Waals surface area contributed by atoms with E-state index in [1.807, 2.05) is 20.8 Å². The first-order valence-electron chi connectivity index (χ1n) is 6.72. The molecule has 0 aliphatic heterocycles. The highest BCUT2D eigenvalue weighted by Gasteiger charge is 2.18. The summed E-state index contributed by atoms with van der Waals surface area (Å²) in [5.74, 6) is 1.63. The zero-order valence-electron chi connectivity index (χ0n) is 11.4. The SMILES string of the molecule is CC.CCC1CCC(NC/N=C(/C)N)CC1. The zero-order valence-corrected chi connectivity index (χ0v) is 11.4. The van der Waals surface area contributed by atoms with Gasteiger partial charge in [0.25, 0.3) is 0 Å². The molecule has 1 aliphatic rings. The molecule has 96 valence electrons. The second-order valence-corrected chi connectivity index (χ2v) is 4.29. The van der Waals surface area contributed by atoms with Crippen LogP contribution < -0.4 is 11.1 Å². The maximum atomic E-state index is 5.46. The van der Waals surface area contributed by atoms with Gasteiger partial charge in [0.15, 0.2) is 0 Å². The number of hydrogen-bond donors (Lipinski definition) is 2. The largest absolute Gasteiger partial charge is 0.388 e. The molecule has 1 saturated carbocycles. The summed E-state index contributed by atoms with van der Waals surface area (Å²) >= 11 is 0. The molecule has 1 rings (SSSR count). The number of amidine groups is 1. The second kappa shape index (κ2) is 9.64. The van der Waals surface area contributed by atoms with Crippen molar-refractivity contribution in [2.24, 2.45) is 16.6 Å². The average molecular weight is 227 g/mol. The summed E-state index contributed by atoms with van der Waals surface area (Å²) in [6, 6.07) is 0.667. The van der Waals surface area contributed by atoms with Crippen LogP contribution in [-0.4, -0.2) is 18.5 Å². The number of nitrogens with one attached hydrogen (secondary N) is 1. The van der Waals surface area contributed by atoms with E-state index >= 15 is 0 Å². The molecular formula is C13H29N3. The zero-order chi connectivity index (χ0) is 12.4. The van der Waals surface area contributed by atoms with Gasteiger partial charge in [0.05, 0.1) is 12.5 Å². The van der Waals surface area contributed by atoms with E-state index in [1.54, 1.807) is 0 Å². The summed E-state index contributed by atoms with van der Waals surface area (Å²) in [6.07, 6.45) is 6.70. The van der Waals surface area contributed by atoms with Gasteiger partial charge >= 0.3 is 0 Å². The molecule has 1 aliphatic carbocycles. The van der Waals surface area contributed by atoms with Crippen LogP contribution in [0.3, 0.4) is 0 Å². The van der Waals surface area contributed by atoms with Gasteiger partial charge in [-0.05, 0) is 38.5 Å². The van der Waals surface area contributed by atoms with Crippen molar-refractivity contribution in [1.82, 2.24) is 5.32 Å². The first-order valence-corrected chi connectivity index (χ1v) is 6.72. The second-order valence-electron chi connectivity index (χ2n) is 4.29. The van der Waals surface area contributed by atoms with Gasteiger partial charge in [-0.3, -0.25) is 10.3 Å². The summed E-state index contributed by atoms with van der Waals surface area (Å²) in [5.41, 5.74) is 5.46. The van der Waals surface area contributed by atoms with Gasteiger partial charge in [-0.15, -0.1) is 0 Å². The average Bonchev–Trinajstić information content (AvgIpc) is 2.32. The summed E-state index contributed by atoms with van der Waals surface area (Å²) in [5, 5.41) is 3.43. The fourth-order valence-corrected chi connectivity index (χ4v) is 2.07. The quantitative estimate of drug-likeness (QED) is 0.573. The van der Waals surface area contributed by atoms with Crippen molar-refractivity contribution in [3.8, 4) is 0 Å². The lowest BCUT2D eigenvalue weighted by molar-refractivity contribution is 0.288. The predicted octanol–water partition coefficient (Wildman–Crippen LogP) is 2.91. The number of rotatable bonds is 4. The molecule has 0 aromatic carbocycles. The van der Waals surface area contributed by atoms with E-state index in [-0.39, 0.29) is 0 Å². The minimum Gasteiger partial charge on any atom is -0.388 e. The first kappa shape index (κ1) is 15.4. The minimum atomic E-state index is 0.666. The monoisotopic (exact) mass is 227 g/mol. The van der Waals surface area contributed by atoms with E-state index in [0.717, 1.165) is 5.92 Å². The Morgan fingerprint density at radius 3 is 2.25 bits per heavy atom. The van der Waals surface area contributed by atoms with Crippen LogP contribution >= 0.6 is 0 Å². The van der Waals surface area contributed by atoms with Crippen LogP contribution in [0.15, 0.2) is 4.99 Å². The Labute approximate surface area is 101 Å². The molecule has 0 bridgehead atoms. The van der Waals surface area contributed by atoms with Crippen molar-refractivity contribution >= 4 is 5.84 Å². The number of nitrogens with zero attached hydrogens (tertiary/aromatic N) is 1. The molecule has 0 heterocycles. The summed E-state index contributed by atoms with van der Waals surface area (Å²) in [4.78, 5) is 4.14. The third-order valence-corrected chi connectivity index (χ3v) is 3.13. The molecule has 0 radical (unpaired) electrons. The van der Waals surface area contributed by atoms with E-state index < -0.39 is 0 Å². The van der Waals surface area contributed by atoms with Crippen LogP contribution in [0.25, 0.3) is 0 Å². The van der Waals surface area contributed by atoms with Crippen LogP contribution in [0, 0.1) is 5.92 Å². The Morgan fingerprint density at radius 1 is 1.25 bits per heavy atom. The molecule has 0 aromatic heterocycles. The lowest BCUT2D eigenvalue weighted by atomic mass is 9.85. The van der Waals surface area contributed by atoms with E-state index in [9.17, 15) is 0 Å². The predicted molar refractivity (Wildman–Crippen MR) is 72.7 cm³/mol. The highest BCUT2D eigenvalue weighted by atomic mass is 15.0. The van der Waals surface area contributed by atoms with Gasteiger partial charge < -0.3 is 5.73 Å². The van der Waals surface area contributed by atoms with Crippen molar-refractivity contribution < 1.29 is 0 Å². The fourth-order valence-electron chi connectivity index (χ4n) is 2.07. The lowest BCUT2D eigenvalue weighted by Gasteiger charge is -2.28. The highest BCUT2D eigenvalue weighted by Crippen LogP contribution is 2.26. The Bertz CT molecular complexity index is 178. The van der Waals surface area contributed by atoms with Crippen molar-refractivity contribution in [2.45, 2.75) is 65.8 Å². The summed E-state index contributed by atoms with van der Waals surface area (Å²) in [7, 11) is 0. The molecular weight excluding hydrogens is 198 g/mol. The number of hydrogen-bond acceptors (Lipinski definition) is 2. The molecule has 0 saturated heterocycles. The van der Waals surface area contributed by atoms with Gasteiger partial charge in [0, 0.05) is 6.04 Å². The number of aliphatic imine (C=N–C) groups is 1. The maximum Gasteiger partial charge on any atom is 0.0921 e. The lowest BCUT2D eigenvalue weighted by Crippen LogP contribution is -2.33. The molecule has 16 heavy (non-hydrogen) atoms. The van der Waals surface area contributed by atoms with Crippen molar-refractivity contribution in [2.75, 3.05) is 6.67 Å². The Morgan fingerprint density at radius 2 is 1.81 bits per heavy atom. The molecule has 1 fully saturated rings. The summed E-state index contributed by atoms with van der Waals surface area (Å²) < 4.78 is 0. The maximum absolute atomic E-state index is 5.46. The molecule has 0 amide bonds. The normalized spacial score (nSPS) is 25.9. The van der Waals surface area contributed by atoms with Crippen molar-refractivity contribution in [3.63, 3.8) is 0 Å². The van der Waals surface area contributed by atoms with Crippen LogP contribution in [0.2, 0.25) is 0 Å². The van der Waals surface area contributed by atoms with Crippen molar-refractivity contribution in [1.29, 1.82) is 0 Å². The van der Waals surface area contributed by atoms with E-state index in [0.29, 0.717) is 18.5 Å². The van der Waals surface area contributed by atoms with Crippen LogP contribution in [0.5, 0.6) is 0 Å².